The predicted octanol–water partition coefficient (Wildman–Crippen LogP) is 4.92. The number of hydrogen-bond acceptors (Lipinski definition) is 5. The standard InChI is InChI=1S/C31H38ClN3O5S/c1-5-40-28-17-15-27(16-18-28)35(41(4,38)39)22-30(36)34(21-25-11-13-26(32)14-12-25)29(31(37)33-20-23(2)3)19-24-9-7-6-8-10-24/h6-18,23,29H,5,19-22H2,1-4H3,(H,33,37). The lowest BCUT2D eigenvalue weighted by Gasteiger charge is -2.33. The number of nitrogens with one attached hydrogen (secondary N) is 1. The Labute approximate surface area is 248 Å². The molecule has 3 rings (SSSR count). The lowest BCUT2D eigenvalue weighted by atomic mass is 10.0. The number of sulfonamides is 1. The maximum Gasteiger partial charge on any atom is 0.244 e. The first kappa shape index (κ1) is 32.0. The van der Waals surface area contributed by atoms with Gasteiger partial charge < -0.3 is 15.0 Å². The molecule has 0 saturated heterocycles. The molecule has 3 aromatic rings. The van der Waals surface area contributed by atoms with Gasteiger partial charge in [0.05, 0.1) is 18.6 Å². The third kappa shape index (κ3) is 9.79. The van der Waals surface area contributed by atoms with Crippen molar-refractivity contribution in [3.8, 4) is 5.75 Å². The quantitative estimate of drug-likeness (QED) is 0.284. The van der Waals surface area contributed by atoms with Gasteiger partial charge >= 0.3 is 0 Å². The maximum atomic E-state index is 14.1. The summed E-state index contributed by atoms with van der Waals surface area (Å²) in [5, 5.41) is 3.51. The van der Waals surface area contributed by atoms with E-state index in [9.17, 15) is 18.0 Å². The van der Waals surface area contributed by atoms with Crippen molar-refractivity contribution >= 4 is 39.1 Å². The van der Waals surface area contributed by atoms with Gasteiger partial charge in [-0.2, -0.15) is 0 Å². The number of rotatable bonds is 14. The number of amides is 2. The Morgan fingerprint density at radius 1 is 0.927 bits per heavy atom. The normalized spacial score (nSPS) is 12.0. The van der Waals surface area contributed by atoms with Crippen LogP contribution in [0.2, 0.25) is 5.02 Å². The molecule has 0 spiro atoms. The molecule has 0 aromatic heterocycles. The molecular formula is C31H38ClN3O5S. The highest BCUT2D eigenvalue weighted by molar-refractivity contribution is 7.92. The molecule has 10 heteroatoms. The summed E-state index contributed by atoms with van der Waals surface area (Å²) in [5.41, 5.74) is 1.95. The van der Waals surface area contributed by atoms with Crippen molar-refractivity contribution in [3.05, 3.63) is 95.0 Å². The highest BCUT2D eigenvalue weighted by Crippen LogP contribution is 2.23. The van der Waals surface area contributed by atoms with E-state index in [1.165, 1.54) is 4.90 Å². The topological polar surface area (TPSA) is 96.0 Å². The smallest absolute Gasteiger partial charge is 0.244 e. The van der Waals surface area contributed by atoms with Crippen LogP contribution in [0.1, 0.15) is 31.9 Å². The van der Waals surface area contributed by atoms with Gasteiger partial charge in [0.1, 0.15) is 18.3 Å². The summed E-state index contributed by atoms with van der Waals surface area (Å²) in [6.07, 6.45) is 1.31. The summed E-state index contributed by atoms with van der Waals surface area (Å²) >= 11 is 6.09. The second-order valence-corrected chi connectivity index (χ2v) is 12.5. The van der Waals surface area contributed by atoms with Crippen LogP contribution in [-0.4, -0.2) is 57.1 Å². The molecule has 220 valence electrons. The minimum Gasteiger partial charge on any atom is -0.494 e. The first-order valence-electron chi connectivity index (χ1n) is 13.5. The Hall–Kier alpha value is -3.56. The number of hydrogen-bond donors (Lipinski definition) is 1. The zero-order valence-electron chi connectivity index (χ0n) is 23.9. The molecule has 1 unspecified atom stereocenters. The average molecular weight is 600 g/mol. The Bertz CT molecular complexity index is 1380. The third-order valence-corrected chi connectivity index (χ3v) is 7.73. The lowest BCUT2D eigenvalue weighted by Crippen LogP contribution is -2.53. The van der Waals surface area contributed by atoms with Crippen LogP contribution < -0.4 is 14.4 Å². The fourth-order valence-electron chi connectivity index (χ4n) is 4.25. The molecule has 0 aliphatic rings. The highest BCUT2D eigenvalue weighted by atomic mass is 35.5. The van der Waals surface area contributed by atoms with Crippen molar-refractivity contribution in [1.29, 1.82) is 0 Å². The monoisotopic (exact) mass is 599 g/mol. The van der Waals surface area contributed by atoms with Gasteiger partial charge in [-0.25, -0.2) is 8.42 Å². The minimum atomic E-state index is -3.85. The Morgan fingerprint density at radius 2 is 1.56 bits per heavy atom. The van der Waals surface area contributed by atoms with Gasteiger partial charge in [-0.1, -0.05) is 67.9 Å². The molecular weight excluding hydrogens is 562 g/mol. The van der Waals surface area contributed by atoms with E-state index in [-0.39, 0.29) is 24.8 Å². The molecule has 0 aliphatic heterocycles. The van der Waals surface area contributed by atoms with E-state index in [0.29, 0.717) is 29.6 Å². The zero-order chi connectivity index (χ0) is 30.0. The minimum absolute atomic E-state index is 0.0868. The zero-order valence-corrected chi connectivity index (χ0v) is 25.5. The highest BCUT2D eigenvalue weighted by Gasteiger charge is 2.33. The Balaban J connectivity index is 2.02. The molecule has 0 saturated carbocycles. The summed E-state index contributed by atoms with van der Waals surface area (Å²) in [4.78, 5) is 29.2. The molecule has 0 heterocycles. The van der Waals surface area contributed by atoms with Crippen LogP contribution >= 0.6 is 11.6 Å². The number of anilines is 1. The van der Waals surface area contributed by atoms with Crippen molar-refractivity contribution in [3.63, 3.8) is 0 Å². The third-order valence-electron chi connectivity index (χ3n) is 6.34. The van der Waals surface area contributed by atoms with E-state index >= 15 is 0 Å². The Kier molecular flexibility index (Phi) is 11.6. The Morgan fingerprint density at radius 3 is 2.12 bits per heavy atom. The molecule has 1 atom stereocenters. The van der Waals surface area contributed by atoms with E-state index in [1.807, 2.05) is 51.1 Å². The van der Waals surface area contributed by atoms with E-state index < -0.39 is 28.5 Å². The molecule has 0 aliphatic carbocycles. The van der Waals surface area contributed by atoms with Crippen LogP contribution in [0.15, 0.2) is 78.9 Å². The SMILES string of the molecule is CCOc1ccc(N(CC(=O)N(Cc2ccc(Cl)cc2)C(Cc2ccccc2)C(=O)NCC(C)C)S(C)(=O)=O)cc1. The van der Waals surface area contributed by atoms with Crippen molar-refractivity contribution in [2.45, 2.75) is 39.8 Å². The van der Waals surface area contributed by atoms with E-state index in [1.54, 1.807) is 48.5 Å². The summed E-state index contributed by atoms with van der Waals surface area (Å²) in [5.74, 6) is -0.0287. The van der Waals surface area contributed by atoms with Gasteiger partial charge in [-0.05, 0) is 60.4 Å². The van der Waals surface area contributed by atoms with Crippen LogP contribution in [0, 0.1) is 5.92 Å². The van der Waals surface area contributed by atoms with Crippen molar-refractivity contribution in [2.24, 2.45) is 5.92 Å². The second kappa shape index (κ2) is 14.9. The second-order valence-electron chi connectivity index (χ2n) is 10.2. The molecule has 1 N–H and O–H groups in total. The van der Waals surface area contributed by atoms with Gasteiger partial charge in [-0.15, -0.1) is 0 Å². The first-order valence-corrected chi connectivity index (χ1v) is 15.8. The van der Waals surface area contributed by atoms with Crippen molar-refractivity contribution < 1.29 is 22.7 Å². The molecule has 41 heavy (non-hydrogen) atoms. The summed E-state index contributed by atoms with van der Waals surface area (Å²) in [6, 6.07) is 22.1. The number of benzene rings is 3. The molecule has 0 bridgehead atoms. The van der Waals surface area contributed by atoms with Crippen LogP contribution in [0.4, 0.5) is 5.69 Å². The van der Waals surface area contributed by atoms with Gasteiger partial charge in [0.2, 0.25) is 21.8 Å². The molecule has 0 fully saturated rings. The van der Waals surface area contributed by atoms with Crippen molar-refractivity contribution in [2.75, 3.05) is 30.3 Å². The number of halogens is 1. The van der Waals surface area contributed by atoms with Crippen LogP contribution in [0.5, 0.6) is 5.75 Å². The van der Waals surface area contributed by atoms with Crippen LogP contribution in [0.3, 0.4) is 0 Å². The summed E-state index contributed by atoms with van der Waals surface area (Å²) in [7, 11) is -3.85. The van der Waals surface area contributed by atoms with Gasteiger partial charge in [0.15, 0.2) is 0 Å². The number of carbonyl (C=O) groups excluding carboxylic acids is 2. The summed E-state index contributed by atoms with van der Waals surface area (Å²) in [6.45, 7) is 6.35. The van der Waals surface area contributed by atoms with Gasteiger partial charge in [0, 0.05) is 24.5 Å². The number of carbonyl (C=O) groups is 2. The van der Waals surface area contributed by atoms with Crippen molar-refractivity contribution in [1.82, 2.24) is 10.2 Å². The number of nitrogens with zero attached hydrogens (tertiary/aromatic N) is 2. The van der Waals surface area contributed by atoms with Gasteiger partial charge in [0.25, 0.3) is 0 Å². The molecule has 0 radical (unpaired) electrons. The lowest BCUT2D eigenvalue weighted by molar-refractivity contribution is -0.140. The van der Waals surface area contributed by atoms with E-state index in [2.05, 4.69) is 5.32 Å². The molecule has 2 amide bonds. The molecule has 8 nitrogen and oxygen atoms in total. The van der Waals surface area contributed by atoms with Crippen LogP contribution in [0.25, 0.3) is 0 Å². The fourth-order valence-corrected chi connectivity index (χ4v) is 5.23. The number of ether oxygens (including phenoxy) is 1. The maximum absolute atomic E-state index is 14.1. The first-order chi connectivity index (χ1) is 19.5. The largest absolute Gasteiger partial charge is 0.494 e. The fraction of sp³-hybridized carbons (Fsp3) is 0.355. The van der Waals surface area contributed by atoms with Crippen LogP contribution in [-0.2, 0) is 32.6 Å². The van der Waals surface area contributed by atoms with E-state index in [0.717, 1.165) is 21.7 Å². The van der Waals surface area contributed by atoms with E-state index in [4.69, 9.17) is 16.3 Å². The molecule has 3 aromatic carbocycles. The summed E-state index contributed by atoms with van der Waals surface area (Å²) < 4.78 is 32.3. The van der Waals surface area contributed by atoms with Gasteiger partial charge in [-0.3, -0.25) is 13.9 Å². The predicted molar refractivity (Wildman–Crippen MR) is 164 cm³/mol. The average Bonchev–Trinajstić information content (AvgIpc) is 2.94.